The summed E-state index contributed by atoms with van der Waals surface area (Å²) in [6.45, 7) is 8.32. The minimum Gasteiger partial charge on any atom is -0.464 e. The lowest BCUT2D eigenvalue weighted by atomic mass is 9.99. The van der Waals surface area contributed by atoms with E-state index in [0.29, 0.717) is 5.13 Å². The molecule has 0 spiro atoms. The summed E-state index contributed by atoms with van der Waals surface area (Å²) in [5, 5.41) is 6.50. The number of nitrogens with zero attached hydrogens (tertiary/aromatic N) is 1. The van der Waals surface area contributed by atoms with Crippen LogP contribution in [0.3, 0.4) is 0 Å². The summed E-state index contributed by atoms with van der Waals surface area (Å²) in [5.41, 5.74) is 8.52. The summed E-state index contributed by atoms with van der Waals surface area (Å²) < 4.78 is 5.58. The van der Waals surface area contributed by atoms with Crippen LogP contribution >= 0.6 is 11.3 Å². The molecule has 0 fully saturated rings. The van der Waals surface area contributed by atoms with Crippen molar-refractivity contribution in [1.82, 2.24) is 4.98 Å². The molecule has 0 saturated heterocycles. The Kier molecular flexibility index (Phi) is 4.77. The number of aromatic nitrogens is 1. The molecule has 28 heavy (non-hydrogen) atoms. The summed E-state index contributed by atoms with van der Waals surface area (Å²) in [4.78, 5) is 17.1. The zero-order chi connectivity index (χ0) is 19.8. The summed E-state index contributed by atoms with van der Waals surface area (Å²) in [6.07, 6.45) is 1.92. The first kappa shape index (κ1) is 18.4. The van der Waals surface area contributed by atoms with Crippen molar-refractivity contribution < 1.29 is 9.21 Å². The topological polar surface area (TPSA) is 55.1 Å². The predicted octanol–water partition coefficient (Wildman–Crippen LogP) is 5.97. The number of rotatable bonds is 4. The van der Waals surface area contributed by atoms with E-state index in [9.17, 15) is 4.79 Å². The standard InChI is InChI=1S/C23H22N2O2S/c1-13-5-6-18-17(11-27-21(18)7-13)10-22(26)25-23-24-20(12-28-23)19-9-15(3)14(2)8-16(19)4/h5-9,11-12H,10H2,1-4H3,(H,24,25,26). The number of fused-ring (bicyclic) bond motifs is 1. The third kappa shape index (κ3) is 3.58. The lowest BCUT2D eigenvalue weighted by Crippen LogP contribution is -2.14. The van der Waals surface area contributed by atoms with Crippen LogP contribution < -0.4 is 5.32 Å². The van der Waals surface area contributed by atoms with Gasteiger partial charge >= 0.3 is 0 Å². The van der Waals surface area contributed by atoms with Crippen LogP contribution in [0, 0.1) is 27.7 Å². The molecule has 4 aromatic rings. The fraction of sp³-hybridized carbons (Fsp3) is 0.217. The first-order valence-electron chi connectivity index (χ1n) is 9.21. The van der Waals surface area contributed by atoms with Crippen LogP contribution in [-0.2, 0) is 11.2 Å². The number of anilines is 1. The first-order chi connectivity index (χ1) is 13.4. The molecule has 2 aromatic heterocycles. The number of furan rings is 1. The van der Waals surface area contributed by atoms with Crippen molar-refractivity contribution in [3.05, 3.63) is 69.8 Å². The Hall–Kier alpha value is -2.92. The fourth-order valence-corrected chi connectivity index (χ4v) is 4.08. The number of benzene rings is 2. The number of thiazole rings is 1. The second-order valence-corrected chi connectivity index (χ2v) is 8.13. The molecule has 0 radical (unpaired) electrons. The van der Waals surface area contributed by atoms with Crippen molar-refractivity contribution in [2.75, 3.05) is 5.32 Å². The van der Waals surface area contributed by atoms with Crippen LogP contribution in [0.2, 0.25) is 0 Å². The van der Waals surface area contributed by atoms with Crippen LogP contribution in [0.15, 0.2) is 46.4 Å². The van der Waals surface area contributed by atoms with Crippen molar-refractivity contribution >= 4 is 33.3 Å². The summed E-state index contributed by atoms with van der Waals surface area (Å²) in [6, 6.07) is 10.3. The smallest absolute Gasteiger partial charge is 0.230 e. The van der Waals surface area contributed by atoms with Gasteiger partial charge < -0.3 is 9.73 Å². The predicted molar refractivity (Wildman–Crippen MR) is 115 cm³/mol. The maximum absolute atomic E-state index is 12.5. The molecule has 2 heterocycles. The normalized spacial score (nSPS) is 11.1. The second kappa shape index (κ2) is 7.24. The molecule has 1 N–H and O–H groups in total. The molecule has 2 aromatic carbocycles. The van der Waals surface area contributed by atoms with Crippen LogP contribution in [0.1, 0.15) is 27.8 Å². The molecular weight excluding hydrogens is 368 g/mol. The van der Waals surface area contributed by atoms with Gasteiger partial charge in [0.05, 0.1) is 18.4 Å². The van der Waals surface area contributed by atoms with E-state index >= 15 is 0 Å². The first-order valence-corrected chi connectivity index (χ1v) is 10.1. The van der Waals surface area contributed by atoms with Gasteiger partial charge in [-0.25, -0.2) is 4.98 Å². The molecule has 0 unspecified atom stereocenters. The molecule has 5 heteroatoms. The van der Waals surface area contributed by atoms with Gasteiger partial charge in [-0.1, -0.05) is 18.2 Å². The molecule has 0 aliphatic carbocycles. The average Bonchev–Trinajstić information content (AvgIpc) is 3.25. The Morgan fingerprint density at radius 1 is 1.07 bits per heavy atom. The van der Waals surface area contributed by atoms with Crippen molar-refractivity contribution in [1.29, 1.82) is 0 Å². The van der Waals surface area contributed by atoms with E-state index in [1.54, 1.807) is 6.26 Å². The molecule has 0 aliphatic heterocycles. The molecule has 142 valence electrons. The SMILES string of the molecule is Cc1ccc2c(CC(=O)Nc3nc(-c4cc(C)c(C)cc4C)cs3)coc2c1. The highest BCUT2D eigenvalue weighted by Crippen LogP contribution is 2.30. The van der Waals surface area contributed by atoms with Gasteiger partial charge in [-0.3, -0.25) is 4.79 Å². The number of carbonyl (C=O) groups excluding carboxylic acids is 1. The zero-order valence-corrected chi connectivity index (χ0v) is 17.2. The largest absolute Gasteiger partial charge is 0.464 e. The van der Waals surface area contributed by atoms with Gasteiger partial charge in [0.15, 0.2) is 5.13 Å². The second-order valence-electron chi connectivity index (χ2n) is 7.27. The number of hydrogen-bond donors (Lipinski definition) is 1. The third-order valence-corrected chi connectivity index (χ3v) is 5.79. The number of aryl methyl sites for hydroxylation is 4. The maximum Gasteiger partial charge on any atom is 0.230 e. The number of amides is 1. The quantitative estimate of drug-likeness (QED) is 0.467. The van der Waals surface area contributed by atoms with Crippen LogP contribution in [0.4, 0.5) is 5.13 Å². The van der Waals surface area contributed by atoms with E-state index in [2.05, 4.69) is 43.2 Å². The molecule has 0 atom stereocenters. The lowest BCUT2D eigenvalue weighted by molar-refractivity contribution is -0.115. The Morgan fingerprint density at radius 3 is 2.68 bits per heavy atom. The Balaban J connectivity index is 1.51. The van der Waals surface area contributed by atoms with Gasteiger partial charge in [0.2, 0.25) is 5.91 Å². The van der Waals surface area contributed by atoms with Crippen LogP contribution in [0.25, 0.3) is 22.2 Å². The molecule has 0 bridgehead atoms. The minimum atomic E-state index is -0.0963. The molecule has 4 rings (SSSR count). The van der Waals surface area contributed by atoms with E-state index in [1.807, 2.05) is 30.5 Å². The van der Waals surface area contributed by atoms with E-state index in [1.165, 1.54) is 28.0 Å². The van der Waals surface area contributed by atoms with Gasteiger partial charge in [0.25, 0.3) is 0 Å². The Morgan fingerprint density at radius 2 is 1.86 bits per heavy atom. The van der Waals surface area contributed by atoms with Crippen molar-refractivity contribution in [3.8, 4) is 11.3 Å². The fourth-order valence-electron chi connectivity index (χ4n) is 3.36. The van der Waals surface area contributed by atoms with E-state index < -0.39 is 0 Å². The lowest BCUT2D eigenvalue weighted by Gasteiger charge is -2.07. The highest BCUT2D eigenvalue weighted by Gasteiger charge is 2.14. The van der Waals surface area contributed by atoms with Gasteiger partial charge in [0, 0.05) is 21.9 Å². The summed E-state index contributed by atoms with van der Waals surface area (Å²) >= 11 is 1.44. The summed E-state index contributed by atoms with van der Waals surface area (Å²) in [5.74, 6) is -0.0963. The molecule has 0 aliphatic rings. The monoisotopic (exact) mass is 390 g/mol. The molecular formula is C23H22N2O2S. The number of hydrogen-bond acceptors (Lipinski definition) is 4. The molecule has 4 nitrogen and oxygen atoms in total. The molecule has 1 amide bonds. The van der Waals surface area contributed by atoms with Gasteiger partial charge in [-0.05, 0) is 62.1 Å². The van der Waals surface area contributed by atoms with E-state index in [4.69, 9.17) is 4.42 Å². The van der Waals surface area contributed by atoms with Crippen LogP contribution in [0.5, 0.6) is 0 Å². The summed E-state index contributed by atoms with van der Waals surface area (Å²) in [7, 11) is 0. The van der Waals surface area contributed by atoms with Gasteiger partial charge in [-0.2, -0.15) is 0 Å². The highest BCUT2D eigenvalue weighted by atomic mass is 32.1. The van der Waals surface area contributed by atoms with E-state index in [-0.39, 0.29) is 12.3 Å². The molecule has 0 saturated carbocycles. The Labute approximate surface area is 168 Å². The van der Waals surface area contributed by atoms with Gasteiger partial charge in [-0.15, -0.1) is 11.3 Å². The highest BCUT2D eigenvalue weighted by molar-refractivity contribution is 7.14. The minimum absolute atomic E-state index is 0.0963. The number of nitrogens with one attached hydrogen (secondary N) is 1. The van der Waals surface area contributed by atoms with Crippen LogP contribution in [-0.4, -0.2) is 10.9 Å². The average molecular weight is 391 g/mol. The van der Waals surface area contributed by atoms with Crippen molar-refractivity contribution in [2.45, 2.75) is 34.1 Å². The third-order valence-electron chi connectivity index (χ3n) is 5.03. The Bertz CT molecular complexity index is 1190. The van der Waals surface area contributed by atoms with Crippen molar-refractivity contribution in [2.24, 2.45) is 0 Å². The maximum atomic E-state index is 12.5. The van der Waals surface area contributed by atoms with Gasteiger partial charge in [0.1, 0.15) is 5.58 Å². The van der Waals surface area contributed by atoms with Crippen molar-refractivity contribution in [3.63, 3.8) is 0 Å². The zero-order valence-electron chi connectivity index (χ0n) is 16.4. The van der Waals surface area contributed by atoms with E-state index in [0.717, 1.165) is 33.4 Å². The number of carbonyl (C=O) groups is 1.